The lowest BCUT2D eigenvalue weighted by Gasteiger charge is -2.20. The van der Waals surface area contributed by atoms with Crippen LogP contribution in [-0.2, 0) is 33.7 Å². The maximum atomic E-state index is 12.2. The van der Waals surface area contributed by atoms with Gasteiger partial charge in [-0.05, 0) is 57.9 Å². The molecule has 0 radical (unpaired) electrons. The number of ether oxygens (including phenoxy) is 3. The van der Waals surface area contributed by atoms with Gasteiger partial charge >= 0.3 is 12.1 Å². The van der Waals surface area contributed by atoms with Gasteiger partial charge in [0.2, 0.25) is 5.89 Å². The molecule has 0 atom stereocenters. The van der Waals surface area contributed by atoms with Crippen LogP contribution in [-0.4, -0.2) is 36.4 Å². The molecule has 8 nitrogen and oxygen atoms in total. The second kappa shape index (κ2) is 12.2. The van der Waals surface area contributed by atoms with E-state index in [2.05, 4.69) is 10.3 Å². The summed E-state index contributed by atoms with van der Waals surface area (Å²) in [5.74, 6) is 1.70. The number of aryl methyl sites for hydroxylation is 2. The standard InChI is InChI=1S/C28H34N2O6/c1-19-23(30-26(35-19)21-9-7-6-8-10-21)15-16-34-24-13-11-20(12-14-25(31)33-5)17-22(24)18-29-27(32)36-28(2,3)4/h6-11,13,17H,12,14-16,18H2,1-5H3,(H,29,32). The van der Waals surface area contributed by atoms with Gasteiger partial charge in [0, 0.05) is 30.5 Å². The van der Waals surface area contributed by atoms with Crippen LogP contribution in [0, 0.1) is 6.92 Å². The third-order valence-corrected chi connectivity index (χ3v) is 5.30. The molecule has 0 saturated carbocycles. The second-order valence-electron chi connectivity index (χ2n) is 9.36. The number of hydrogen-bond donors (Lipinski definition) is 1. The van der Waals surface area contributed by atoms with Crippen LogP contribution in [0.5, 0.6) is 5.75 Å². The zero-order valence-corrected chi connectivity index (χ0v) is 21.6. The molecule has 0 spiro atoms. The van der Waals surface area contributed by atoms with Crippen molar-refractivity contribution in [2.45, 2.75) is 59.1 Å². The maximum Gasteiger partial charge on any atom is 0.407 e. The number of carbonyl (C=O) groups excluding carboxylic acids is 2. The molecule has 0 fully saturated rings. The highest BCUT2D eigenvalue weighted by atomic mass is 16.6. The predicted molar refractivity (Wildman–Crippen MR) is 136 cm³/mol. The first-order valence-corrected chi connectivity index (χ1v) is 11.9. The van der Waals surface area contributed by atoms with Gasteiger partial charge < -0.3 is 23.9 Å². The molecule has 36 heavy (non-hydrogen) atoms. The van der Waals surface area contributed by atoms with Gasteiger partial charge in [-0.25, -0.2) is 9.78 Å². The quantitative estimate of drug-likeness (QED) is 0.377. The second-order valence-corrected chi connectivity index (χ2v) is 9.36. The summed E-state index contributed by atoms with van der Waals surface area (Å²) in [6, 6.07) is 15.4. The Hall–Kier alpha value is -3.81. The van der Waals surface area contributed by atoms with Crippen molar-refractivity contribution in [2.24, 2.45) is 0 Å². The lowest BCUT2D eigenvalue weighted by atomic mass is 10.1. The first-order chi connectivity index (χ1) is 17.1. The topological polar surface area (TPSA) is 99.9 Å². The van der Waals surface area contributed by atoms with E-state index in [1.807, 2.05) is 76.2 Å². The van der Waals surface area contributed by atoms with Crippen LogP contribution in [0.15, 0.2) is 52.9 Å². The molecule has 0 aliphatic rings. The van der Waals surface area contributed by atoms with Gasteiger partial charge in [0.05, 0.1) is 19.4 Å². The summed E-state index contributed by atoms with van der Waals surface area (Å²) in [4.78, 5) is 28.4. The number of benzene rings is 2. The number of hydrogen-bond acceptors (Lipinski definition) is 7. The fourth-order valence-corrected chi connectivity index (χ4v) is 3.52. The van der Waals surface area contributed by atoms with E-state index in [9.17, 15) is 9.59 Å². The summed E-state index contributed by atoms with van der Waals surface area (Å²) in [6.45, 7) is 7.91. The Bertz CT molecular complexity index is 1160. The molecule has 0 aliphatic carbocycles. The lowest BCUT2D eigenvalue weighted by molar-refractivity contribution is -0.140. The van der Waals surface area contributed by atoms with Crippen LogP contribution in [0.1, 0.15) is 49.8 Å². The van der Waals surface area contributed by atoms with E-state index in [0.717, 1.165) is 28.1 Å². The predicted octanol–water partition coefficient (Wildman–Crippen LogP) is 5.40. The fourth-order valence-electron chi connectivity index (χ4n) is 3.52. The molecule has 3 rings (SSSR count). The normalized spacial score (nSPS) is 11.1. The van der Waals surface area contributed by atoms with Crippen LogP contribution in [0.25, 0.3) is 11.5 Å². The Balaban J connectivity index is 1.68. The van der Waals surface area contributed by atoms with E-state index in [4.69, 9.17) is 18.6 Å². The summed E-state index contributed by atoms with van der Waals surface area (Å²) in [7, 11) is 1.37. The smallest absolute Gasteiger partial charge is 0.407 e. The van der Waals surface area contributed by atoms with Crippen LogP contribution in [0.4, 0.5) is 4.79 Å². The Morgan fingerprint density at radius 3 is 2.50 bits per heavy atom. The molecule has 1 aromatic heterocycles. The number of esters is 1. The molecule has 2 aromatic carbocycles. The molecule has 1 amide bonds. The number of methoxy groups -OCH3 is 1. The van der Waals surface area contributed by atoms with Crippen molar-refractivity contribution < 1.29 is 28.2 Å². The average Bonchev–Trinajstić information content (AvgIpc) is 3.21. The summed E-state index contributed by atoms with van der Waals surface area (Å²) in [6.07, 6.45) is 0.836. The molecule has 0 bridgehead atoms. The highest BCUT2D eigenvalue weighted by Crippen LogP contribution is 2.24. The van der Waals surface area contributed by atoms with Crippen molar-refractivity contribution in [2.75, 3.05) is 13.7 Å². The van der Waals surface area contributed by atoms with Gasteiger partial charge in [0.1, 0.15) is 17.1 Å². The summed E-state index contributed by atoms with van der Waals surface area (Å²) >= 11 is 0. The van der Waals surface area contributed by atoms with E-state index in [-0.39, 0.29) is 18.9 Å². The van der Waals surface area contributed by atoms with Gasteiger partial charge in [-0.15, -0.1) is 0 Å². The fraction of sp³-hybridized carbons (Fsp3) is 0.393. The third-order valence-electron chi connectivity index (χ3n) is 5.30. The monoisotopic (exact) mass is 494 g/mol. The van der Waals surface area contributed by atoms with Gasteiger partial charge in [0.15, 0.2) is 0 Å². The van der Waals surface area contributed by atoms with E-state index in [1.54, 1.807) is 0 Å². The summed E-state index contributed by atoms with van der Waals surface area (Å²) in [5.41, 5.74) is 2.88. The molecule has 8 heteroatoms. The molecule has 3 aromatic rings. The highest BCUT2D eigenvalue weighted by molar-refractivity contribution is 5.69. The van der Waals surface area contributed by atoms with Crippen LogP contribution < -0.4 is 10.1 Å². The molecular formula is C28H34N2O6. The van der Waals surface area contributed by atoms with Crippen molar-refractivity contribution in [3.63, 3.8) is 0 Å². The van der Waals surface area contributed by atoms with Crippen molar-refractivity contribution >= 4 is 12.1 Å². The number of oxazole rings is 1. The Labute approximate surface area is 212 Å². The molecule has 192 valence electrons. The zero-order valence-electron chi connectivity index (χ0n) is 21.6. The van der Waals surface area contributed by atoms with Crippen LogP contribution >= 0.6 is 0 Å². The van der Waals surface area contributed by atoms with Crippen LogP contribution in [0.3, 0.4) is 0 Å². The maximum absolute atomic E-state index is 12.2. The Kier molecular flexibility index (Phi) is 9.11. The van der Waals surface area contributed by atoms with Gasteiger partial charge in [0.25, 0.3) is 0 Å². The molecule has 0 aliphatic heterocycles. The van der Waals surface area contributed by atoms with Crippen molar-refractivity contribution in [1.29, 1.82) is 0 Å². The van der Waals surface area contributed by atoms with Crippen molar-refractivity contribution in [3.8, 4) is 17.2 Å². The van der Waals surface area contributed by atoms with Crippen LogP contribution in [0.2, 0.25) is 0 Å². The van der Waals surface area contributed by atoms with Gasteiger partial charge in [-0.1, -0.05) is 30.3 Å². The molecule has 0 saturated heterocycles. The number of carbonyl (C=O) groups is 2. The number of alkyl carbamates (subject to hydrolysis) is 1. The van der Waals surface area contributed by atoms with E-state index >= 15 is 0 Å². The minimum Gasteiger partial charge on any atom is -0.493 e. The number of amides is 1. The SMILES string of the molecule is COC(=O)CCc1ccc(OCCc2nc(-c3ccccc3)oc2C)c(CNC(=O)OC(C)(C)C)c1. The molecule has 1 N–H and O–H groups in total. The number of nitrogens with zero attached hydrogens (tertiary/aromatic N) is 1. The lowest BCUT2D eigenvalue weighted by Crippen LogP contribution is -2.32. The zero-order chi connectivity index (χ0) is 26.1. The van der Waals surface area contributed by atoms with Crippen molar-refractivity contribution in [3.05, 3.63) is 71.1 Å². The minimum absolute atomic E-state index is 0.220. The number of rotatable bonds is 10. The Morgan fingerprint density at radius 1 is 1.06 bits per heavy atom. The summed E-state index contributed by atoms with van der Waals surface area (Å²) in [5, 5.41) is 2.78. The van der Waals surface area contributed by atoms with Gasteiger partial charge in [-0.2, -0.15) is 0 Å². The molecule has 1 heterocycles. The van der Waals surface area contributed by atoms with Crippen molar-refractivity contribution in [1.82, 2.24) is 10.3 Å². The van der Waals surface area contributed by atoms with E-state index in [1.165, 1.54) is 7.11 Å². The van der Waals surface area contributed by atoms with E-state index < -0.39 is 11.7 Å². The highest BCUT2D eigenvalue weighted by Gasteiger charge is 2.17. The largest absolute Gasteiger partial charge is 0.493 e. The van der Waals surface area contributed by atoms with E-state index in [0.29, 0.717) is 31.1 Å². The first kappa shape index (κ1) is 26.8. The number of nitrogens with one attached hydrogen (secondary N) is 1. The first-order valence-electron chi connectivity index (χ1n) is 11.9. The third kappa shape index (κ3) is 8.15. The number of aromatic nitrogens is 1. The summed E-state index contributed by atoms with van der Waals surface area (Å²) < 4.78 is 22.0. The average molecular weight is 495 g/mol. The molecule has 0 unspecified atom stereocenters. The van der Waals surface area contributed by atoms with Gasteiger partial charge in [-0.3, -0.25) is 4.79 Å². The molecular weight excluding hydrogens is 460 g/mol. The Morgan fingerprint density at radius 2 is 1.81 bits per heavy atom. The minimum atomic E-state index is -0.597.